The highest BCUT2D eigenvalue weighted by Crippen LogP contribution is 2.22. The molecule has 1 saturated carbocycles. The molecule has 3 rings (SSSR count). The molecular weight excluding hydrogens is 315 g/mol. The summed E-state index contributed by atoms with van der Waals surface area (Å²) in [6.45, 7) is 0.324. The van der Waals surface area contributed by atoms with Gasteiger partial charge in [0.15, 0.2) is 0 Å². The number of ether oxygens (including phenoxy) is 1. The van der Waals surface area contributed by atoms with E-state index in [1.165, 1.54) is 30.2 Å². The standard InChI is InChI=1S/C16H19FN4OS/c17-14-7-11(8-19-21-16-20-15(18)10-23-16)5-6-12(14)9-22-13-3-1-2-4-13/h5-8,10,13H,1-4,9,18H2,(H,20,21). The minimum Gasteiger partial charge on any atom is -0.383 e. The number of nitrogens with zero attached hydrogens (tertiary/aromatic N) is 2. The van der Waals surface area contributed by atoms with E-state index >= 15 is 0 Å². The van der Waals surface area contributed by atoms with Crippen LogP contribution in [0, 0.1) is 5.82 Å². The maximum Gasteiger partial charge on any atom is 0.205 e. The number of rotatable bonds is 6. The molecule has 7 heteroatoms. The minimum atomic E-state index is -0.273. The molecule has 0 aliphatic heterocycles. The lowest BCUT2D eigenvalue weighted by Crippen LogP contribution is -2.08. The van der Waals surface area contributed by atoms with Gasteiger partial charge in [0.25, 0.3) is 0 Å². The summed E-state index contributed by atoms with van der Waals surface area (Å²) in [5.41, 5.74) is 9.53. The van der Waals surface area contributed by atoms with Gasteiger partial charge in [-0.05, 0) is 24.5 Å². The van der Waals surface area contributed by atoms with Crippen LogP contribution in [-0.4, -0.2) is 17.3 Å². The first-order chi connectivity index (χ1) is 11.2. The summed E-state index contributed by atoms with van der Waals surface area (Å²) in [6, 6.07) is 5.01. The average Bonchev–Trinajstić information content (AvgIpc) is 3.18. The highest BCUT2D eigenvalue weighted by molar-refractivity contribution is 7.14. The average molecular weight is 334 g/mol. The van der Waals surface area contributed by atoms with Crippen molar-refractivity contribution in [3.8, 4) is 0 Å². The third kappa shape index (κ3) is 4.49. The van der Waals surface area contributed by atoms with E-state index in [-0.39, 0.29) is 11.9 Å². The van der Waals surface area contributed by atoms with E-state index in [9.17, 15) is 4.39 Å². The fourth-order valence-corrected chi connectivity index (χ4v) is 3.07. The van der Waals surface area contributed by atoms with Crippen molar-refractivity contribution in [1.29, 1.82) is 0 Å². The second kappa shape index (κ2) is 7.52. The Morgan fingerprint density at radius 1 is 1.43 bits per heavy atom. The normalized spacial score (nSPS) is 15.5. The van der Waals surface area contributed by atoms with Crippen LogP contribution in [0.25, 0.3) is 0 Å². The largest absolute Gasteiger partial charge is 0.383 e. The van der Waals surface area contributed by atoms with E-state index in [1.807, 2.05) is 6.07 Å². The summed E-state index contributed by atoms with van der Waals surface area (Å²) in [7, 11) is 0. The van der Waals surface area contributed by atoms with Gasteiger partial charge in [0.1, 0.15) is 11.6 Å². The molecule has 2 aromatic rings. The molecule has 0 unspecified atom stereocenters. The summed E-state index contributed by atoms with van der Waals surface area (Å²) in [5.74, 6) is 0.177. The fraction of sp³-hybridized carbons (Fsp3) is 0.375. The Bertz CT molecular complexity index is 682. The molecule has 1 fully saturated rings. The Morgan fingerprint density at radius 3 is 2.96 bits per heavy atom. The molecule has 1 aromatic carbocycles. The van der Waals surface area contributed by atoms with Crippen LogP contribution in [0.1, 0.15) is 36.8 Å². The second-order valence-corrected chi connectivity index (χ2v) is 6.37. The summed E-state index contributed by atoms with van der Waals surface area (Å²) >= 11 is 1.36. The molecule has 122 valence electrons. The van der Waals surface area contributed by atoms with Crippen molar-refractivity contribution < 1.29 is 9.13 Å². The first kappa shape index (κ1) is 15.9. The lowest BCUT2D eigenvalue weighted by atomic mass is 10.1. The van der Waals surface area contributed by atoms with E-state index < -0.39 is 0 Å². The van der Waals surface area contributed by atoms with E-state index in [0.717, 1.165) is 12.8 Å². The van der Waals surface area contributed by atoms with Crippen LogP contribution in [0.5, 0.6) is 0 Å². The fourth-order valence-electron chi connectivity index (χ4n) is 2.52. The Morgan fingerprint density at radius 2 is 2.26 bits per heavy atom. The SMILES string of the molecule is Nc1csc(NN=Cc2ccc(COC3CCCC3)c(F)c2)n1. The van der Waals surface area contributed by atoms with Gasteiger partial charge in [0.2, 0.25) is 5.13 Å². The van der Waals surface area contributed by atoms with E-state index in [2.05, 4.69) is 15.5 Å². The minimum absolute atomic E-state index is 0.273. The van der Waals surface area contributed by atoms with Crippen molar-refractivity contribution in [3.05, 3.63) is 40.5 Å². The zero-order chi connectivity index (χ0) is 16.1. The highest BCUT2D eigenvalue weighted by atomic mass is 32.1. The number of hydrogen-bond donors (Lipinski definition) is 2. The Labute approximate surface area is 138 Å². The zero-order valence-corrected chi connectivity index (χ0v) is 13.5. The van der Waals surface area contributed by atoms with Gasteiger partial charge in [-0.3, -0.25) is 5.43 Å². The van der Waals surface area contributed by atoms with Gasteiger partial charge >= 0.3 is 0 Å². The molecule has 23 heavy (non-hydrogen) atoms. The smallest absolute Gasteiger partial charge is 0.205 e. The Hall–Kier alpha value is -1.99. The maximum atomic E-state index is 14.1. The van der Waals surface area contributed by atoms with Crippen LogP contribution < -0.4 is 11.2 Å². The van der Waals surface area contributed by atoms with Crippen molar-refractivity contribution in [2.45, 2.75) is 38.4 Å². The molecule has 0 spiro atoms. The molecule has 0 atom stereocenters. The summed E-state index contributed by atoms with van der Waals surface area (Å²) in [6.07, 6.45) is 6.41. The number of aromatic nitrogens is 1. The number of hydrazone groups is 1. The third-order valence-electron chi connectivity index (χ3n) is 3.75. The topological polar surface area (TPSA) is 72.5 Å². The van der Waals surface area contributed by atoms with Crippen LogP contribution >= 0.6 is 11.3 Å². The molecule has 1 aliphatic carbocycles. The van der Waals surface area contributed by atoms with Gasteiger partial charge in [-0.2, -0.15) is 5.10 Å². The quantitative estimate of drug-likeness (QED) is 0.623. The number of hydrogen-bond acceptors (Lipinski definition) is 6. The summed E-state index contributed by atoms with van der Waals surface area (Å²) in [5, 5.41) is 6.34. The van der Waals surface area contributed by atoms with Crippen molar-refractivity contribution in [2.24, 2.45) is 5.10 Å². The van der Waals surface area contributed by atoms with Gasteiger partial charge in [-0.25, -0.2) is 9.37 Å². The molecule has 0 radical (unpaired) electrons. The first-order valence-electron chi connectivity index (χ1n) is 7.61. The molecule has 3 N–H and O–H groups in total. The number of anilines is 2. The number of benzene rings is 1. The van der Waals surface area contributed by atoms with Crippen LogP contribution in [0.4, 0.5) is 15.3 Å². The monoisotopic (exact) mass is 334 g/mol. The lowest BCUT2D eigenvalue weighted by Gasteiger charge is -2.11. The number of nitrogen functional groups attached to an aromatic ring is 1. The van der Waals surface area contributed by atoms with E-state index in [4.69, 9.17) is 10.5 Å². The molecule has 1 aliphatic rings. The van der Waals surface area contributed by atoms with Crippen LogP contribution in [0.2, 0.25) is 0 Å². The van der Waals surface area contributed by atoms with Crippen molar-refractivity contribution in [1.82, 2.24) is 4.98 Å². The van der Waals surface area contributed by atoms with Gasteiger partial charge in [0.05, 0.1) is 18.9 Å². The van der Waals surface area contributed by atoms with E-state index in [1.54, 1.807) is 17.7 Å². The van der Waals surface area contributed by atoms with Gasteiger partial charge < -0.3 is 10.5 Å². The number of nitrogens with two attached hydrogens (primary N) is 1. The highest BCUT2D eigenvalue weighted by Gasteiger charge is 2.16. The van der Waals surface area contributed by atoms with Crippen molar-refractivity contribution >= 4 is 28.5 Å². The van der Waals surface area contributed by atoms with Crippen LogP contribution in [0.15, 0.2) is 28.7 Å². The first-order valence-corrected chi connectivity index (χ1v) is 8.49. The van der Waals surface area contributed by atoms with Crippen molar-refractivity contribution in [2.75, 3.05) is 11.2 Å². The number of thiazole rings is 1. The Kier molecular flexibility index (Phi) is 5.19. The zero-order valence-electron chi connectivity index (χ0n) is 12.7. The molecule has 1 heterocycles. The van der Waals surface area contributed by atoms with Gasteiger partial charge in [-0.15, -0.1) is 11.3 Å². The molecular formula is C16H19FN4OS. The van der Waals surface area contributed by atoms with Crippen LogP contribution in [-0.2, 0) is 11.3 Å². The summed E-state index contributed by atoms with van der Waals surface area (Å²) < 4.78 is 19.8. The molecule has 1 aromatic heterocycles. The lowest BCUT2D eigenvalue weighted by molar-refractivity contribution is 0.0441. The van der Waals surface area contributed by atoms with Gasteiger partial charge in [0, 0.05) is 10.9 Å². The molecule has 0 bridgehead atoms. The predicted molar refractivity (Wildman–Crippen MR) is 91.2 cm³/mol. The summed E-state index contributed by atoms with van der Waals surface area (Å²) in [4.78, 5) is 4.02. The van der Waals surface area contributed by atoms with Crippen molar-refractivity contribution in [3.63, 3.8) is 0 Å². The molecule has 0 amide bonds. The number of halogens is 1. The predicted octanol–water partition coefficient (Wildman–Crippen LogP) is 3.77. The third-order valence-corrected chi connectivity index (χ3v) is 4.51. The molecule has 5 nitrogen and oxygen atoms in total. The molecule has 0 saturated heterocycles. The Balaban J connectivity index is 1.55. The maximum absolute atomic E-state index is 14.1. The second-order valence-electron chi connectivity index (χ2n) is 5.52. The number of nitrogens with one attached hydrogen (secondary N) is 1. The van der Waals surface area contributed by atoms with E-state index in [0.29, 0.717) is 28.7 Å². The van der Waals surface area contributed by atoms with Crippen LogP contribution in [0.3, 0.4) is 0 Å². The van der Waals surface area contributed by atoms with Gasteiger partial charge in [-0.1, -0.05) is 25.0 Å².